The van der Waals surface area contributed by atoms with Crippen LogP contribution in [0.25, 0.3) is 0 Å². The summed E-state index contributed by atoms with van der Waals surface area (Å²) in [5.74, 6) is 0.234. The summed E-state index contributed by atoms with van der Waals surface area (Å²) in [7, 11) is 0. The van der Waals surface area contributed by atoms with Crippen LogP contribution in [0.4, 0.5) is 5.69 Å². The van der Waals surface area contributed by atoms with Crippen molar-refractivity contribution in [3.05, 3.63) is 28.8 Å². The number of carbonyl (C=O) groups is 1. The Kier molecular flexibility index (Phi) is 6.09. The first-order valence-corrected chi connectivity index (χ1v) is 8.44. The van der Waals surface area contributed by atoms with E-state index in [0.29, 0.717) is 6.54 Å². The van der Waals surface area contributed by atoms with E-state index in [1.165, 1.54) is 11.3 Å². The first-order valence-electron chi connectivity index (χ1n) is 8.06. The number of nitrogens with zero attached hydrogens (tertiary/aromatic N) is 3. The van der Waals surface area contributed by atoms with Gasteiger partial charge in [-0.3, -0.25) is 9.69 Å². The van der Waals surface area contributed by atoms with Crippen LogP contribution in [-0.2, 0) is 4.79 Å². The first-order chi connectivity index (χ1) is 10.5. The van der Waals surface area contributed by atoms with Gasteiger partial charge in [-0.1, -0.05) is 17.7 Å². The molecule has 2 rings (SSSR count). The van der Waals surface area contributed by atoms with Crippen LogP contribution in [0, 0.1) is 6.92 Å². The molecule has 1 fully saturated rings. The van der Waals surface area contributed by atoms with Crippen molar-refractivity contribution in [1.29, 1.82) is 0 Å². The standard InChI is InChI=1S/C17H26ClN3O/c1-4-20(5-2)17(22)13-19-8-10-21(11-9-19)16-12-15(18)7-6-14(16)3/h6-7,12H,4-5,8-11,13H2,1-3H3. The summed E-state index contributed by atoms with van der Waals surface area (Å²) in [6.07, 6.45) is 0. The molecule has 0 bridgehead atoms. The van der Waals surface area contributed by atoms with Crippen LogP contribution in [-0.4, -0.2) is 61.5 Å². The number of hydrogen-bond acceptors (Lipinski definition) is 3. The lowest BCUT2D eigenvalue weighted by Crippen LogP contribution is -2.50. The zero-order valence-corrected chi connectivity index (χ0v) is 14.6. The van der Waals surface area contributed by atoms with Crippen molar-refractivity contribution in [2.24, 2.45) is 0 Å². The van der Waals surface area contributed by atoms with E-state index in [-0.39, 0.29) is 5.91 Å². The van der Waals surface area contributed by atoms with E-state index < -0.39 is 0 Å². The van der Waals surface area contributed by atoms with Crippen molar-refractivity contribution in [2.45, 2.75) is 20.8 Å². The number of piperazine rings is 1. The smallest absolute Gasteiger partial charge is 0.236 e. The lowest BCUT2D eigenvalue weighted by molar-refractivity contribution is -0.132. The van der Waals surface area contributed by atoms with Crippen molar-refractivity contribution >= 4 is 23.2 Å². The molecule has 22 heavy (non-hydrogen) atoms. The monoisotopic (exact) mass is 323 g/mol. The minimum Gasteiger partial charge on any atom is -0.369 e. The van der Waals surface area contributed by atoms with E-state index in [9.17, 15) is 4.79 Å². The van der Waals surface area contributed by atoms with E-state index in [0.717, 1.165) is 44.3 Å². The van der Waals surface area contributed by atoms with Gasteiger partial charge in [0, 0.05) is 50.0 Å². The number of likely N-dealkylation sites (N-methyl/N-ethyl adjacent to an activating group) is 1. The molecule has 0 aromatic heterocycles. The molecule has 1 heterocycles. The van der Waals surface area contributed by atoms with Gasteiger partial charge >= 0.3 is 0 Å². The molecule has 0 spiro atoms. The summed E-state index contributed by atoms with van der Waals surface area (Å²) in [4.78, 5) is 18.7. The first kappa shape index (κ1) is 17.1. The minimum atomic E-state index is 0.234. The number of halogens is 1. The number of aryl methyl sites for hydroxylation is 1. The van der Waals surface area contributed by atoms with Crippen molar-refractivity contribution in [3.63, 3.8) is 0 Å². The molecule has 4 nitrogen and oxygen atoms in total. The summed E-state index contributed by atoms with van der Waals surface area (Å²) >= 11 is 6.11. The largest absolute Gasteiger partial charge is 0.369 e. The zero-order valence-electron chi connectivity index (χ0n) is 13.8. The Balaban J connectivity index is 1.90. The molecule has 5 heteroatoms. The van der Waals surface area contributed by atoms with Crippen molar-refractivity contribution in [3.8, 4) is 0 Å². The summed E-state index contributed by atoms with van der Waals surface area (Å²) < 4.78 is 0. The Labute approximate surface area is 138 Å². The number of amides is 1. The molecule has 122 valence electrons. The Hall–Kier alpha value is -1.26. The zero-order chi connectivity index (χ0) is 16.1. The van der Waals surface area contributed by atoms with Gasteiger partial charge in [0.05, 0.1) is 6.54 Å². The quantitative estimate of drug-likeness (QED) is 0.833. The molecular formula is C17H26ClN3O. The summed E-state index contributed by atoms with van der Waals surface area (Å²) in [5.41, 5.74) is 2.46. The number of anilines is 1. The highest BCUT2D eigenvalue weighted by Crippen LogP contribution is 2.25. The van der Waals surface area contributed by atoms with Gasteiger partial charge in [0.25, 0.3) is 0 Å². The molecule has 0 aliphatic carbocycles. The van der Waals surface area contributed by atoms with Gasteiger partial charge in [-0.2, -0.15) is 0 Å². The van der Waals surface area contributed by atoms with Crippen molar-refractivity contribution < 1.29 is 4.79 Å². The summed E-state index contributed by atoms with van der Waals surface area (Å²) in [6.45, 7) is 12.0. The van der Waals surface area contributed by atoms with Gasteiger partial charge in [0.15, 0.2) is 0 Å². The fraction of sp³-hybridized carbons (Fsp3) is 0.588. The third-order valence-corrected chi connectivity index (χ3v) is 4.59. The van der Waals surface area contributed by atoms with E-state index in [1.807, 2.05) is 30.9 Å². The molecule has 0 radical (unpaired) electrons. The van der Waals surface area contributed by atoms with Crippen LogP contribution in [0.1, 0.15) is 19.4 Å². The van der Waals surface area contributed by atoms with Gasteiger partial charge in [0.2, 0.25) is 5.91 Å². The van der Waals surface area contributed by atoms with E-state index in [1.54, 1.807) is 0 Å². The van der Waals surface area contributed by atoms with Crippen molar-refractivity contribution in [2.75, 3.05) is 50.7 Å². The van der Waals surface area contributed by atoms with Gasteiger partial charge in [-0.15, -0.1) is 0 Å². The molecule has 0 atom stereocenters. The maximum absolute atomic E-state index is 12.2. The molecule has 1 aromatic carbocycles. The lowest BCUT2D eigenvalue weighted by Gasteiger charge is -2.37. The van der Waals surface area contributed by atoms with Crippen LogP contribution in [0.15, 0.2) is 18.2 Å². The Bertz CT molecular complexity index is 509. The number of carbonyl (C=O) groups excluding carboxylic acids is 1. The van der Waals surface area contributed by atoms with Gasteiger partial charge in [0.1, 0.15) is 0 Å². The molecule has 1 aliphatic rings. The Morgan fingerprint density at radius 1 is 1.18 bits per heavy atom. The molecule has 0 unspecified atom stereocenters. The second-order valence-electron chi connectivity index (χ2n) is 5.76. The molecule has 1 aliphatic heterocycles. The molecule has 0 N–H and O–H groups in total. The topological polar surface area (TPSA) is 26.8 Å². The predicted octanol–water partition coefficient (Wildman–Crippen LogP) is 2.64. The van der Waals surface area contributed by atoms with E-state index in [4.69, 9.17) is 11.6 Å². The number of benzene rings is 1. The maximum atomic E-state index is 12.2. The maximum Gasteiger partial charge on any atom is 0.236 e. The molecule has 1 amide bonds. The fourth-order valence-electron chi connectivity index (χ4n) is 2.94. The van der Waals surface area contributed by atoms with Gasteiger partial charge in [-0.25, -0.2) is 0 Å². The fourth-order valence-corrected chi connectivity index (χ4v) is 3.10. The second kappa shape index (κ2) is 7.84. The predicted molar refractivity (Wildman–Crippen MR) is 92.8 cm³/mol. The highest BCUT2D eigenvalue weighted by Gasteiger charge is 2.21. The van der Waals surface area contributed by atoms with Crippen molar-refractivity contribution in [1.82, 2.24) is 9.80 Å². The highest BCUT2D eigenvalue weighted by molar-refractivity contribution is 6.30. The SMILES string of the molecule is CCN(CC)C(=O)CN1CCN(c2cc(Cl)ccc2C)CC1. The summed E-state index contributed by atoms with van der Waals surface area (Å²) in [6, 6.07) is 6.03. The van der Waals surface area contributed by atoms with Crippen LogP contribution in [0.5, 0.6) is 0 Å². The van der Waals surface area contributed by atoms with E-state index >= 15 is 0 Å². The normalized spacial score (nSPS) is 15.9. The minimum absolute atomic E-state index is 0.234. The van der Waals surface area contributed by atoms with Gasteiger partial charge in [-0.05, 0) is 38.5 Å². The van der Waals surface area contributed by atoms with E-state index in [2.05, 4.69) is 22.8 Å². The third-order valence-electron chi connectivity index (χ3n) is 4.36. The average Bonchev–Trinajstić information content (AvgIpc) is 2.52. The number of hydrogen-bond donors (Lipinski definition) is 0. The second-order valence-corrected chi connectivity index (χ2v) is 6.20. The highest BCUT2D eigenvalue weighted by atomic mass is 35.5. The molecule has 1 aromatic rings. The van der Waals surface area contributed by atoms with Crippen LogP contribution < -0.4 is 4.90 Å². The van der Waals surface area contributed by atoms with Crippen LogP contribution in [0.3, 0.4) is 0 Å². The van der Waals surface area contributed by atoms with Crippen LogP contribution >= 0.6 is 11.6 Å². The lowest BCUT2D eigenvalue weighted by atomic mass is 10.1. The van der Waals surface area contributed by atoms with Gasteiger partial charge < -0.3 is 9.80 Å². The average molecular weight is 324 g/mol. The van der Waals surface area contributed by atoms with Crippen LogP contribution in [0.2, 0.25) is 5.02 Å². The number of rotatable bonds is 5. The molecule has 0 saturated carbocycles. The molecule has 1 saturated heterocycles. The summed E-state index contributed by atoms with van der Waals surface area (Å²) in [5, 5.41) is 0.778. The molecular weight excluding hydrogens is 298 g/mol. The third kappa shape index (κ3) is 4.14. The Morgan fingerprint density at radius 2 is 1.82 bits per heavy atom. The Morgan fingerprint density at radius 3 is 2.41 bits per heavy atom.